The van der Waals surface area contributed by atoms with Gasteiger partial charge in [-0.1, -0.05) is 72.0 Å². The van der Waals surface area contributed by atoms with E-state index in [1.807, 2.05) is 0 Å². The van der Waals surface area contributed by atoms with Crippen molar-refractivity contribution in [2.75, 3.05) is 0 Å². The summed E-state index contributed by atoms with van der Waals surface area (Å²) in [7, 11) is 0. The second-order valence-corrected chi connectivity index (χ2v) is 12.4. The topological polar surface area (TPSA) is 20.2 Å². The minimum absolute atomic E-state index is 0.0771. The molecule has 0 spiro atoms. The summed E-state index contributed by atoms with van der Waals surface area (Å²) in [5, 5.41) is 10.2. The molecule has 3 saturated carbocycles. The first kappa shape index (κ1) is 21.9. The molecule has 0 aliphatic heterocycles. The highest BCUT2D eigenvalue weighted by Gasteiger charge is 2.59. The molecule has 0 unspecified atom stereocenters. The number of aliphatic hydroxyl groups is 1. The monoisotopic (exact) mass is 400 g/mol. The third kappa shape index (κ3) is 3.77. The molecule has 0 aromatic rings. The minimum atomic E-state index is -0.0771. The first-order valence-electron chi connectivity index (χ1n) is 13.2. The Bertz CT molecular complexity index is 605. The van der Waals surface area contributed by atoms with Crippen LogP contribution in [0.15, 0.2) is 11.6 Å². The molecule has 4 rings (SSSR count). The maximum atomic E-state index is 10.2. The third-order valence-corrected chi connectivity index (χ3v) is 10.6. The summed E-state index contributed by atoms with van der Waals surface area (Å²) in [5.74, 6) is 5.52. The van der Waals surface area contributed by atoms with Gasteiger partial charge in [0, 0.05) is 0 Å². The van der Waals surface area contributed by atoms with Crippen molar-refractivity contribution in [3.63, 3.8) is 0 Å². The lowest BCUT2D eigenvalue weighted by atomic mass is 9.47. The van der Waals surface area contributed by atoms with Crippen LogP contribution in [0.4, 0.5) is 0 Å². The SMILES string of the molecule is CC[C@@H](CCCC(C)C)[C@H]1CC[C@H]2[C@@H]3CC=C4C[C@@H](O)CC[C@]4(C)[C@H]3CC[C@]12C. The van der Waals surface area contributed by atoms with Crippen molar-refractivity contribution in [3.8, 4) is 0 Å². The zero-order chi connectivity index (χ0) is 20.8. The fourth-order valence-corrected chi connectivity index (χ4v) is 8.93. The van der Waals surface area contributed by atoms with Gasteiger partial charge in [0.15, 0.2) is 0 Å². The van der Waals surface area contributed by atoms with E-state index in [9.17, 15) is 5.11 Å². The smallest absolute Gasteiger partial charge is 0.0577 e. The van der Waals surface area contributed by atoms with Crippen LogP contribution >= 0.6 is 0 Å². The van der Waals surface area contributed by atoms with Gasteiger partial charge in [-0.3, -0.25) is 0 Å². The van der Waals surface area contributed by atoms with Crippen LogP contribution in [0.25, 0.3) is 0 Å². The highest BCUT2D eigenvalue weighted by atomic mass is 16.3. The second-order valence-electron chi connectivity index (χ2n) is 12.4. The van der Waals surface area contributed by atoms with E-state index >= 15 is 0 Å². The molecule has 0 aromatic carbocycles. The molecule has 4 aliphatic rings. The van der Waals surface area contributed by atoms with Gasteiger partial charge < -0.3 is 5.11 Å². The van der Waals surface area contributed by atoms with E-state index in [-0.39, 0.29) is 6.10 Å². The molecule has 166 valence electrons. The van der Waals surface area contributed by atoms with E-state index in [1.165, 1.54) is 64.2 Å². The van der Waals surface area contributed by atoms with E-state index in [1.54, 1.807) is 5.57 Å². The van der Waals surface area contributed by atoms with Gasteiger partial charge in [0.2, 0.25) is 0 Å². The zero-order valence-corrected chi connectivity index (χ0v) is 20.1. The number of allylic oxidation sites excluding steroid dienone is 1. The number of rotatable bonds is 6. The van der Waals surface area contributed by atoms with Crippen LogP contribution in [0, 0.1) is 46.3 Å². The van der Waals surface area contributed by atoms with Gasteiger partial charge in [0.1, 0.15) is 0 Å². The lowest BCUT2D eigenvalue weighted by molar-refractivity contribution is -0.0588. The Morgan fingerprint density at radius 3 is 2.55 bits per heavy atom. The fourth-order valence-electron chi connectivity index (χ4n) is 8.93. The molecule has 8 atom stereocenters. The number of hydrogen-bond acceptors (Lipinski definition) is 1. The quantitative estimate of drug-likeness (QED) is 0.451. The third-order valence-electron chi connectivity index (χ3n) is 10.6. The lowest BCUT2D eigenvalue weighted by Crippen LogP contribution is -2.50. The molecule has 29 heavy (non-hydrogen) atoms. The normalized spacial score (nSPS) is 45.3. The van der Waals surface area contributed by atoms with Gasteiger partial charge in [-0.2, -0.15) is 0 Å². The van der Waals surface area contributed by atoms with Crippen molar-refractivity contribution < 1.29 is 5.11 Å². The molecule has 0 aromatic heterocycles. The average molecular weight is 401 g/mol. The van der Waals surface area contributed by atoms with E-state index in [4.69, 9.17) is 0 Å². The molecule has 1 nitrogen and oxygen atoms in total. The fraction of sp³-hybridized carbons (Fsp3) is 0.929. The highest BCUT2D eigenvalue weighted by molar-refractivity contribution is 5.25. The van der Waals surface area contributed by atoms with Crippen molar-refractivity contribution >= 4 is 0 Å². The molecular weight excluding hydrogens is 352 g/mol. The average Bonchev–Trinajstić information content (AvgIpc) is 3.03. The summed E-state index contributed by atoms with van der Waals surface area (Å²) in [5.41, 5.74) is 2.61. The van der Waals surface area contributed by atoms with Crippen LogP contribution in [0.3, 0.4) is 0 Å². The lowest BCUT2D eigenvalue weighted by Gasteiger charge is -2.58. The van der Waals surface area contributed by atoms with Crippen molar-refractivity contribution in [2.24, 2.45) is 46.3 Å². The Hall–Kier alpha value is -0.300. The summed E-state index contributed by atoms with van der Waals surface area (Å²) in [6, 6.07) is 0. The largest absolute Gasteiger partial charge is 0.393 e. The maximum Gasteiger partial charge on any atom is 0.0577 e. The van der Waals surface area contributed by atoms with E-state index in [0.29, 0.717) is 10.8 Å². The maximum absolute atomic E-state index is 10.2. The van der Waals surface area contributed by atoms with Crippen LogP contribution in [0.1, 0.15) is 112 Å². The summed E-state index contributed by atoms with van der Waals surface area (Å²) < 4.78 is 0. The number of hydrogen-bond donors (Lipinski definition) is 1. The van der Waals surface area contributed by atoms with Gasteiger partial charge in [0.05, 0.1) is 6.10 Å². The molecule has 4 aliphatic carbocycles. The first-order valence-corrected chi connectivity index (χ1v) is 13.2. The van der Waals surface area contributed by atoms with E-state index < -0.39 is 0 Å². The zero-order valence-electron chi connectivity index (χ0n) is 20.1. The highest BCUT2D eigenvalue weighted by Crippen LogP contribution is 2.67. The Morgan fingerprint density at radius 2 is 1.83 bits per heavy atom. The van der Waals surface area contributed by atoms with E-state index in [2.05, 4.69) is 40.7 Å². The standard InChI is InChI=1S/C28H48O/c1-6-20(9-7-8-19(2)3)24-12-13-25-23-11-10-21-18-22(29)14-16-27(21,4)26(23)15-17-28(24,25)5/h10,19-20,22-26,29H,6-9,11-18H2,1-5H3/t20-,22-,23-,24+,25-,26-,27-,28+/m0/s1. The number of fused-ring (bicyclic) bond motifs is 5. The molecule has 0 amide bonds. The molecule has 0 saturated heterocycles. The molecule has 1 N–H and O–H groups in total. The van der Waals surface area contributed by atoms with Crippen LogP contribution in [-0.2, 0) is 0 Å². The summed E-state index contributed by atoms with van der Waals surface area (Å²) in [6.45, 7) is 12.5. The Labute approximate surface area is 181 Å². The van der Waals surface area contributed by atoms with Gasteiger partial charge >= 0.3 is 0 Å². The molecule has 3 fully saturated rings. The second kappa shape index (κ2) is 8.33. The molecule has 0 heterocycles. The molecular formula is C28H48O. The minimum Gasteiger partial charge on any atom is -0.393 e. The summed E-state index contributed by atoms with van der Waals surface area (Å²) in [6.07, 6.45) is 18.6. The van der Waals surface area contributed by atoms with Crippen LogP contribution < -0.4 is 0 Å². The Morgan fingerprint density at radius 1 is 1.03 bits per heavy atom. The van der Waals surface area contributed by atoms with Crippen LogP contribution in [-0.4, -0.2) is 11.2 Å². The van der Waals surface area contributed by atoms with Gasteiger partial charge in [-0.25, -0.2) is 0 Å². The number of aliphatic hydroxyl groups excluding tert-OH is 1. The summed E-state index contributed by atoms with van der Waals surface area (Å²) in [4.78, 5) is 0. The predicted octanol–water partition coefficient (Wildman–Crippen LogP) is 7.78. The van der Waals surface area contributed by atoms with Crippen molar-refractivity contribution in [1.82, 2.24) is 0 Å². The molecule has 1 heteroatoms. The summed E-state index contributed by atoms with van der Waals surface area (Å²) >= 11 is 0. The van der Waals surface area contributed by atoms with Crippen LogP contribution in [0.5, 0.6) is 0 Å². The predicted molar refractivity (Wildman–Crippen MR) is 124 cm³/mol. The van der Waals surface area contributed by atoms with Gasteiger partial charge in [-0.15, -0.1) is 0 Å². The van der Waals surface area contributed by atoms with Crippen molar-refractivity contribution in [2.45, 2.75) is 118 Å². The van der Waals surface area contributed by atoms with E-state index in [0.717, 1.165) is 48.3 Å². The molecule has 0 bridgehead atoms. The van der Waals surface area contributed by atoms with Gasteiger partial charge in [0.25, 0.3) is 0 Å². The van der Waals surface area contributed by atoms with Gasteiger partial charge in [-0.05, 0) is 97.7 Å². The first-order chi connectivity index (χ1) is 13.8. The Balaban J connectivity index is 1.51. The van der Waals surface area contributed by atoms with Crippen LogP contribution in [0.2, 0.25) is 0 Å². The molecule has 0 radical (unpaired) electrons. The Kier molecular flexibility index (Phi) is 6.29. The van der Waals surface area contributed by atoms with Crippen molar-refractivity contribution in [1.29, 1.82) is 0 Å². The van der Waals surface area contributed by atoms with Crippen molar-refractivity contribution in [3.05, 3.63) is 11.6 Å².